The van der Waals surface area contributed by atoms with E-state index in [-0.39, 0.29) is 5.91 Å². The average molecular weight is 281 g/mol. The number of hydrogen-bond acceptors (Lipinski definition) is 3. The van der Waals surface area contributed by atoms with Crippen molar-refractivity contribution in [2.45, 2.75) is 6.54 Å². The van der Waals surface area contributed by atoms with Crippen LogP contribution in [-0.4, -0.2) is 23.0 Å². The van der Waals surface area contributed by atoms with Crippen LogP contribution in [0.2, 0.25) is 0 Å². The lowest BCUT2D eigenvalue weighted by atomic mass is 10.2. The fraction of sp³-hybridized carbons (Fsp3) is 0.125. The summed E-state index contributed by atoms with van der Waals surface area (Å²) >= 11 is 0. The number of H-pyrrole nitrogens is 1. The number of nitrogens with one attached hydrogen (secondary N) is 2. The van der Waals surface area contributed by atoms with Crippen molar-refractivity contribution >= 4 is 16.8 Å². The quantitative estimate of drug-likeness (QED) is 0.772. The van der Waals surface area contributed by atoms with Crippen LogP contribution in [0.5, 0.6) is 5.75 Å². The molecule has 5 nitrogen and oxygen atoms in total. The van der Waals surface area contributed by atoms with E-state index in [1.165, 1.54) is 0 Å². The lowest BCUT2D eigenvalue weighted by Crippen LogP contribution is -2.23. The van der Waals surface area contributed by atoms with E-state index in [1.54, 1.807) is 25.6 Å². The van der Waals surface area contributed by atoms with Crippen molar-refractivity contribution in [3.63, 3.8) is 0 Å². The van der Waals surface area contributed by atoms with E-state index in [9.17, 15) is 4.79 Å². The number of benzene rings is 1. The Morgan fingerprint density at radius 3 is 2.86 bits per heavy atom. The molecule has 0 aliphatic rings. The second kappa shape index (κ2) is 5.66. The summed E-state index contributed by atoms with van der Waals surface area (Å²) in [4.78, 5) is 19.2. The summed E-state index contributed by atoms with van der Waals surface area (Å²) < 4.78 is 5.29. The maximum Gasteiger partial charge on any atom is 0.267 e. The van der Waals surface area contributed by atoms with Crippen LogP contribution in [0.3, 0.4) is 0 Å². The minimum Gasteiger partial charge on any atom is -0.496 e. The molecule has 2 aromatic heterocycles. The molecule has 0 atom stereocenters. The summed E-state index contributed by atoms with van der Waals surface area (Å²) in [5, 5.41) is 3.77. The Labute approximate surface area is 122 Å². The molecule has 1 amide bonds. The molecule has 0 fully saturated rings. The van der Waals surface area contributed by atoms with Crippen molar-refractivity contribution in [1.29, 1.82) is 0 Å². The maximum atomic E-state index is 12.2. The summed E-state index contributed by atoms with van der Waals surface area (Å²) in [6, 6.07) is 11.2. The molecule has 2 heterocycles. The summed E-state index contributed by atoms with van der Waals surface area (Å²) in [6.07, 6.45) is 3.41. The van der Waals surface area contributed by atoms with E-state index in [1.807, 2.05) is 30.3 Å². The lowest BCUT2D eigenvalue weighted by molar-refractivity contribution is 0.0947. The Kier molecular flexibility index (Phi) is 3.55. The first-order valence-electron chi connectivity index (χ1n) is 6.61. The number of nitrogens with zero attached hydrogens (tertiary/aromatic N) is 1. The van der Waals surface area contributed by atoms with Gasteiger partial charge in [-0.3, -0.25) is 9.78 Å². The standard InChI is InChI=1S/C16H15N3O2/c1-21-15-4-2-3-13-12(15)9-14(19-13)16(20)18-10-11-5-7-17-8-6-11/h2-9,19H,10H2,1H3,(H,18,20). The Balaban J connectivity index is 1.79. The maximum absolute atomic E-state index is 12.2. The number of pyridine rings is 1. The van der Waals surface area contributed by atoms with Gasteiger partial charge < -0.3 is 15.0 Å². The first kappa shape index (κ1) is 13.2. The third-order valence-corrected chi connectivity index (χ3v) is 3.29. The van der Waals surface area contributed by atoms with Crippen molar-refractivity contribution < 1.29 is 9.53 Å². The number of ether oxygens (including phenoxy) is 1. The molecule has 0 radical (unpaired) electrons. The minimum absolute atomic E-state index is 0.148. The van der Waals surface area contributed by atoms with Crippen molar-refractivity contribution in [3.8, 4) is 5.75 Å². The second-order valence-electron chi connectivity index (χ2n) is 4.64. The van der Waals surface area contributed by atoms with E-state index in [4.69, 9.17) is 4.74 Å². The Morgan fingerprint density at radius 2 is 2.10 bits per heavy atom. The number of amides is 1. The van der Waals surface area contributed by atoms with Crippen LogP contribution in [0.15, 0.2) is 48.8 Å². The van der Waals surface area contributed by atoms with Gasteiger partial charge in [0.25, 0.3) is 5.91 Å². The van der Waals surface area contributed by atoms with Crippen LogP contribution in [0.4, 0.5) is 0 Å². The first-order chi connectivity index (χ1) is 10.3. The number of aromatic nitrogens is 2. The number of carbonyl (C=O) groups excluding carboxylic acids is 1. The molecule has 0 aliphatic heterocycles. The van der Waals surface area contributed by atoms with Gasteiger partial charge in [0.05, 0.1) is 7.11 Å². The number of hydrogen-bond donors (Lipinski definition) is 2. The predicted molar refractivity (Wildman–Crippen MR) is 80.3 cm³/mol. The SMILES string of the molecule is COc1cccc2[nH]c(C(=O)NCc3ccncc3)cc12. The van der Waals surface area contributed by atoms with Crippen LogP contribution in [0.1, 0.15) is 16.1 Å². The van der Waals surface area contributed by atoms with Crippen LogP contribution in [-0.2, 0) is 6.54 Å². The predicted octanol–water partition coefficient (Wildman–Crippen LogP) is 2.50. The highest BCUT2D eigenvalue weighted by Crippen LogP contribution is 2.25. The van der Waals surface area contributed by atoms with Gasteiger partial charge in [0.15, 0.2) is 0 Å². The molecule has 2 N–H and O–H groups in total. The van der Waals surface area contributed by atoms with Gasteiger partial charge in [-0.25, -0.2) is 0 Å². The monoisotopic (exact) mass is 281 g/mol. The van der Waals surface area contributed by atoms with Gasteiger partial charge in [-0.1, -0.05) is 6.07 Å². The molecule has 0 aliphatic carbocycles. The normalized spacial score (nSPS) is 10.5. The highest BCUT2D eigenvalue weighted by molar-refractivity contribution is 5.99. The molecule has 1 aromatic carbocycles. The molecule has 3 aromatic rings. The zero-order valence-corrected chi connectivity index (χ0v) is 11.6. The largest absolute Gasteiger partial charge is 0.496 e. The van der Waals surface area contributed by atoms with Gasteiger partial charge in [-0.2, -0.15) is 0 Å². The first-order valence-corrected chi connectivity index (χ1v) is 6.61. The number of carbonyl (C=O) groups is 1. The zero-order chi connectivity index (χ0) is 14.7. The molecule has 0 saturated carbocycles. The van der Waals surface area contributed by atoms with E-state index in [0.717, 1.165) is 22.2 Å². The number of methoxy groups -OCH3 is 1. The fourth-order valence-electron chi connectivity index (χ4n) is 2.21. The highest BCUT2D eigenvalue weighted by Gasteiger charge is 2.11. The van der Waals surface area contributed by atoms with Crippen LogP contribution >= 0.6 is 0 Å². The minimum atomic E-state index is -0.148. The van der Waals surface area contributed by atoms with E-state index in [2.05, 4.69) is 15.3 Å². The molecule has 3 rings (SSSR count). The van der Waals surface area contributed by atoms with Crippen LogP contribution < -0.4 is 10.1 Å². The molecule has 0 bridgehead atoms. The zero-order valence-electron chi connectivity index (χ0n) is 11.6. The highest BCUT2D eigenvalue weighted by atomic mass is 16.5. The Morgan fingerprint density at radius 1 is 1.29 bits per heavy atom. The van der Waals surface area contributed by atoms with E-state index in [0.29, 0.717) is 12.2 Å². The van der Waals surface area contributed by atoms with Gasteiger partial charge in [0, 0.05) is 29.8 Å². The second-order valence-corrected chi connectivity index (χ2v) is 4.64. The van der Waals surface area contributed by atoms with Gasteiger partial charge in [-0.05, 0) is 35.9 Å². The molecule has 0 saturated heterocycles. The molecule has 5 heteroatoms. The number of aromatic amines is 1. The van der Waals surface area contributed by atoms with E-state index < -0.39 is 0 Å². The van der Waals surface area contributed by atoms with Gasteiger partial charge in [0.1, 0.15) is 11.4 Å². The molecule has 21 heavy (non-hydrogen) atoms. The molecule has 0 unspecified atom stereocenters. The topological polar surface area (TPSA) is 67.0 Å². The van der Waals surface area contributed by atoms with Gasteiger partial charge in [-0.15, -0.1) is 0 Å². The third-order valence-electron chi connectivity index (χ3n) is 3.29. The Bertz CT molecular complexity index is 766. The van der Waals surface area contributed by atoms with Crippen molar-refractivity contribution in [2.24, 2.45) is 0 Å². The van der Waals surface area contributed by atoms with Gasteiger partial charge in [0.2, 0.25) is 0 Å². The van der Waals surface area contributed by atoms with Crippen molar-refractivity contribution in [1.82, 2.24) is 15.3 Å². The van der Waals surface area contributed by atoms with Crippen molar-refractivity contribution in [2.75, 3.05) is 7.11 Å². The third kappa shape index (κ3) is 2.72. The lowest BCUT2D eigenvalue weighted by Gasteiger charge is -2.03. The van der Waals surface area contributed by atoms with E-state index >= 15 is 0 Å². The number of fused-ring (bicyclic) bond motifs is 1. The average Bonchev–Trinajstić information content (AvgIpc) is 2.97. The Hall–Kier alpha value is -2.82. The smallest absolute Gasteiger partial charge is 0.267 e. The molecule has 0 spiro atoms. The molecule has 106 valence electrons. The molecular weight excluding hydrogens is 266 g/mol. The summed E-state index contributed by atoms with van der Waals surface area (Å²) in [5.74, 6) is 0.599. The summed E-state index contributed by atoms with van der Waals surface area (Å²) in [7, 11) is 1.62. The number of rotatable bonds is 4. The fourth-order valence-corrected chi connectivity index (χ4v) is 2.21. The molecular formula is C16H15N3O2. The summed E-state index contributed by atoms with van der Waals surface area (Å²) in [6.45, 7) is 0.466. The van der Waals surface area contributed by atoms with Crippen LogP contribution in [0, 0.1) is 0 Å². The summed E-state index contributed by atoms with van der Waals surface area (Å²) in [5.41, 5.74) is 2.40. The van der Waals surface area contributed by atoms with Crippen LogP contribution in [0.25, 0.3) is 10.9 Å². The van der Waals surface area contributed by atoms with Gasteiger partial charge >= 0.3 is 0 Å². The van der Waals surface area contributed by atoms with Crippen molar-refractivity contribution in [3.05, 3.63) is 60.0 Å².